The van der Waals surface area contributed by atoms with Crippen molar-refractivity contribution in [3.8, 4) is 0 Å². The van der Waals surface area contributed by atoms with E-state index in [0.717, 1.165) is 10.1 Å². The number of carbonyl (C=O) groups excluding carboxylic acids is 2. The summed E-state index contributed by atoms with van der Waals surface area (Å²) in [6.07, 6.45) is 0. The highest BCUT2D eigenvalue weighted by Gasteiger charge is 2.13. The number of thiophene rings is 1. The van der Waals surface area contributed by atoms with Crippen LogP contribution in [0, 0.1) is 0 Å². The number of hydrogen-bond acceptors (Lipinski definition) is 4. The summed E-state index contributed by atoms with van der Waals surface area (Å²) in [6.45, 7) is 0. The van der Waals surface area contributed by atoms with Gasteiger partial charge in [-0.2, -0.15) is 0 Å². The molecule has 1 heterocycles. The van der Waals surface area contributed by atoms with Crippen molar-refractivity contribution in [2.45, 2.75) is 0 Å². The van der Waals surface area contributed by atoms with Gasteiger partial charge in [0.05, 0.1) is 17.7 Å². The molecule has 1 N–H and O–H groups in total. The van der Waals surface area contributed by atoms with Gasteiger partial charge in [0.15, 0.2) is 0 Å². The Kier molecular flexibility index (Phi) is 4.32. The van der Waals surface area contributed by atoms with Crippen LogP contribution in [0.4, 0.5) is 5.69 Å². The maximum Gasteiger partial charge on any atom is 0.348 e. The zero-order chi connectivity index (χ0) is 16.4. The number of ether oxygens (including phenoxy) is 1. The first kappa shape index (κ1) is 15.5. The van der Waals surface area contributed by atoms with Crippen LogP contribution in [-0.2, 0) is 4.74 Å². The molecule has 1 amide bonds. The Labute approximate surface area is 141 Å². The van der Waals surface area contributed by atoms with Crippen molar-refractivity contribution in [3.63, 3.8) is 0 Å². The molecule has 0 fully saturated rings. The Hall–Kier alpha value is -2.37. The summed E-state index contributed by atoms with van der Waals surface area (Å²) >= 11 is 7.37. The summed E-state index contributed by atoms with van der Waals surface area (Å²) < 4.78 is 5.66. The predicted octanol–water partition coefficient (Wildman–Crippen LogP) is 4.59. The average Bonchev–Trinajstić information content (AvgIpc) is 2.97. The van der Waals surface area contributed by atoms with E-state index >= 15 is 0 Å². The normalized spacial score (nSPS) is 10.5. The number of amides is 1. The van der Waals surface area contributed by atoms with E-state index in [4.69, 9.17) is 16.3 Å². The van der Waals surface area contributed by atoms with Crippen molar-refractivity contribution in [1.29, 1.82) is 0 Å². The van der Waals surface area contributed by atoms with Crippen LogP contribution in [0.2, 0.25) is 5.02 Å². The molecule has 0 aliphatic carbocycles. The van der Waals surface area contributed by atoms with Gasteiger partial charge in [-0.25, -0.2) is 4.79 Å². The topological polar surface area (TPSA) is 55.4 Å². The van der Waals surface area contributed by atoms with Gasteiger partial charge in [-0.15, -0.1) is 11.3 Å². The molecule has 0 saturated heterocycles. The monoisotopic (exact) mass is 345 g/mol. The standard InChI is InChI=1S/C17H12ClNO3S/c1-22-17(21)15-9-10-8-11(6-7-14(10)23-15)19-16(20)12-4-2-3-5-13(12)18/h2-9H,1H3,(H,19,20). The second kappa shape index (κ2) is 6.40. The molecule has 0 bridgehead atoms. The van der Waals surface area contributed by atoms with Crippen LogP contribution < -0.4 is 5.32 Å². The first-order chi connectivity index (χ1) is 11.1. The third kappa shape index (κ3) is 3.21. The van der Waals surface area contributed by atoms with Crippen LogP contribution in [0.5, 0.6) is 0 Å². The second-order valence-corrected chi connectivity index (χ2v) is 6.28. The van der Waals surface area contributed by atoms with Gasteiger partial charge in [0.25, 0.3) is 5.91 Å². The number of halogens is 1. The van der Waals surface area contributed by atoms with Crippen LogP contribution in [0.25, 0.3) is 10.1 Å². The number of carbonyl (C=O) groups is 2. The lowest BCUT2D eigenvalue weighted by Crippen LogP contribution is -2.12. The Morgan fingerprint density at radius 2 is 1.91 bits per heavy atom. The van der Waals surface area contributed by atoms with Crippen molar-refractivity contribution in [1.82, 2.24) is 0 Å². The number of methoxy groups -OCH3 is 1. The number of esters is 1. The summed E-state index contributed by atoms with van der Waals surface area (Å²) in [5, 5.41) is 4.07. The third-order valence-electron chi connectivity index (χ3n) is 3.28. The lowest BCUT2D eigenvalue weighted by Gasteiger charge is -2.06. The lowest BCUT2D eigenvalue weighted by molar-refractivity contribution is 0.0606. The van der Waals surface area contributed by atoms with Crippen molar-refractivity contribution < 1.29 is 14.3 Å². The SMILES string of the molecule is COC(=O)c1cc2cc(NC(=O)c3ccccc3Cl)ccc2s1. The van der Waals surface area contributed by atoms with Crippen LogP contribution >= 0.6 is 22.9 Å². The van der Waals surface area contributed by atoms with E-state index in [2.05, 4.69) is 5.32 Å². The van der Waals surface area contributed by atoms with Crippen molar-refractivity contribution >= 4 is 50.6 Å². The van der Waals surface area contributed by atoms with Crippen LogP contribution in [0.1, 0.15) is 20.0 Å². The Morgan fingerprint density at radius 3 is 2.65 bits per heavy atom. The largest absolute Gasteiger partial charge is 0.465 e. The zero-order valence-electron chi connectivity index (χ0n) is 12.1. The van der Waals surface area contributed by atoms with Crippen LogP contribution in [0.15, 0.2) is 48.5 Å². The Bertz CT molecular complexity index is 904. The summed E-state index contributed by atoms with van der Waals surface area (Å²) in [6, 6.07) is 14.1. The smallest absolute Gasteiger partial charge is 0.348 e. The van der Waals surface area contributed by atoms with Gasteiger partial charge in [-0.05, 0) is 41.8 Å². The van der Waals surface area contributed by atoms with Crippen LogP contribution in [0.3, 0.4) is 0 Å². The van der Waals surface area contributed by atoms with Crippen molar-refractivity contribution in [3.05, 3.63) is 64.0 Å². The molecular formula is C17H12ClNO3S. The van der Waals surface area contributed by atoms with Crippen molar-refractivity contribution in [2.24, 2.45) is 0 Å². The molecule has 4 nitrogen and oxygen atoms in total. The molecule has 0 spiro atoms. The first-order valence-corrected chi connectivity index (χ1v) is 7.96. The molecule has 2 aromatic carbocycles. The van der Waals surface area contributed by atoms with E-state index in [1.165, 1.54) is 18.4 Å². The minimum Gasteiger partial charge on any atom is -0.465 e. The molecule has 0 atom stereocenters. The molecule has 1 aromatic heterocycles. The summed E-state index contributed by atoms with van der Waals surface area (Å²) in [5.41, 5.74) is 1.05. The van der Waals surface area contributed by atoms with E-state index < -0.39 is 0 Å². The average molecular weight is 346 g/mol. The molecule has 3 aromatic rings. The van der Waals surface area contributed by atoms with E-state index in [-0.39, 0.29) is 11.9 Å². The number of hydrogen-bond donors (Lipinski definition) is 1. The zero-order valence-corrected chi connectivity index (χ0v) is 13.7. The maximum atomic E-state index is 12.3. The van der Waals surface area contributed by atoms with Crippen molar-refractivity contribution in [2.75, 3.05) is 12.4 Å². The van der Waals surface area contributed by atoms with Gasteiger partial charge in [0.2, 0.25) is 0 Å². The van der Waals surface area contributed by atoms with Gasteiger partial charge in [0.1, 0.15) is 4.88 Å². The number of benzene rings is 2. The van der Waals surface area contributed by atoms with E-state index in [9.17, 15) is 9.59 Å². The fourth-order valence-corrected chi connectivity index (χ4v) is 3.35. The van der Waals surface area contributed by atoms with Gasteiger partial charge in [-0.1, -0.05) is 23.7 Å². The molecule has 0 saturated carbocycles. The van der Waals surface area contributed by atoms with Gasteiger partial charge in [-0.3, -0.25) is 4.79 Å². The molecule has 3 rings (SSSR count). The fraction of sp³-hybridized carbons (Fsp3) is 0.0588. The molecular weight excluding hydrogens is 334 g/mol. The first-order valence-electron chi connectivity index (χ1n) is 6.76. The Morgan fingerprint density at radius 1 is 1.13 bits per heavy atom. The predicted molar refractivity (Wildman–Crippen MR) is 92.6 cm³/mol. The minimum atomic E-state index is -0.368. The van der Waals surface area contributed by atoms with Crippen LogP contribution in [-0.4, -0.2) is 19.0 Å². The quantitative estimate of drug-likeness (QED) is 0.706. The maximum absolute atomic E-state index is 12.3. The summed E-state index contributed by atoms with van der Waals surface area (Å²) in [4.78, 5) is 24.4. The van der Waals surface area contributed by atoms with E-state index in [1.807, 2.05) is 12.1 Å². The highest BCUT2D eigenvalue weighted by Crippen LogP contribution is 2.29. The van der Waals surface area contributed by atoms with Gasteiger partial charge in [0, 0.05) is 10.4 Å². The third-order valence-corrected chi connectivity index (χ3v) is 4.70. The van der Waals surface area contributed by atoms with Gasteiger partial charge < -0.3 is 10.1 Å². The molecule has 6 heteroatoms. The fourth-order valence-electron chi connectivity index (χ4n) is 2.17. The Balaban J connectivity index is 1.87. The van der Waals surface area contributed by atoms with E-state index in [1.54, 1.807) is 36.4 Å². The number of fused-ring (bicyclic) bond motifs is 1. The second-order valence-electron chi connectivity index (χ2n) is 4.79. The van der Waals surface area contributed by atoms with Gasteiger partial charge >= 0.3 is 5.97 Å². The lowest BCUT2D eigenvalue weighted by atomic mass is 10.2. The molecule has 0 unspecified atom stereocenters. The molecule has 23 heavy (non-hydrogen) atoms. The molecule has 0 radical (unpaired) electrons. The number of rotatable bonds is 3. The molecule has 0 aliphatic heterocycles. The number of nitrogens with one attached hydrogen (secondary N) is 1. The highest BCUT2D eigenvalue weighted by molar-refractivity contribution is 7.20. The minimum absolute atomic E-state index is 0.279. The highest BCUT2D eigenvalue weighted by atomic mass is 35.5. The summed E-state index contributed by atoms with van der Waals surface area (Å²) in [7, 11) is 1.35. The summed E-state index contributed by atoms with van der Waals surface area (Å²) in [5.74, 6) is -0.647. The molecule has 0 aliphatic rings. The van der Waals surface area contributed by atoms with E-state index in [0.29, 0.717) is 21.2 Å². The molecule has 116 valence electrons. The number of anilines is 1.